The molecular formula is C32H41N3O9. The summed E-state index contributed by atoms with van der Waals surface area (Å²) in [4.78, 5) is 52.2. The first-order valence-electron chi connectivity index (χ1n) is 14.8. The van der Waals surface area contributed by atoms with Gasteiger partial charge in [-0.2, -0.15) is 0 Å². The van der Waals surface area contributed by atoms with Crippen LogP contribution in [0, 0.1) is 11.8 Å². The number of benzene rings is 2. The smallest absolute Gasteiger partial charge is 0.290 e. The van der Waals surface area contributed by atoms with E-state index in [1.807, 2.05) is 42.5 Å². The number of ether oxygens (including phenoxy) is 4. The van der Waals surface area contributed by atoms with Gasteiger partial charge in [0.15, 0.2) is 11.5 Å². The fraction of sp³-hybridized carbons (Fsp3) is 0.500. The molecular weight excluding hydrogens is 570 g/mol. The molecule has 3 aliphatic heterocycles. The Bertz CT molecular complexity index is 1300. The van der Waals surface area contributed by atoms with Crippen molar-refractivity contribution in [1.29, 1.82) is 0 Å². The fourth-order valence-corrected chi connectivity index (χ4v) is 6.02. The normalized spacial score (nSPS) is 20.6. The van der Waals surface area contributed by atoms with Crippen molar-refractivity contribution in [1.82, 2.24) is 15.1 Å². The molecule has 3 amide bonds. The number of carbonyl (C=O) groups excluding carboxylic acids is 3. The van der Waals surface area contributed by atoms with Crippen LogP contribution in [0.5, 0.6) is 17.2 Å². The van der Waals surface area contributed by atoms with Crippen LogP contribution >= 0.6 is 0 Å². The second-order valence-electron chi connectivity index (χ2n) is 10.9. The minimum atomic E-state index is -0.446. The molecule has 2 fully saturated rings. The number of carbonyl (C=O) groups is 4. The predicted molar refractivity (Wildman–Crippen MR) is 160 cm³/mol. The first kappa shape index (κ1) is 32.6. The number of fused-ring (bicyclic) bond motifs is 4. The number of likely N-dealkylation sites (tertiary alicyclic amines) is 1. The Morgan fingerprint density at radius 3 is 2.41 bits per heavy atom. The first-order chi connectivity index (χ1) is 21.4. The van der Waals surface area contributed by atoms with Crippen molar-refractivity contribution in [3.8, 4) is 17.2 Å². The first-order valence-corrected chi connectivity index (χ1v) is 14.8. The van der Waals surface area contributed by atoms with Gasteiger partial charge in [-0.15, -0.1) is 0 Å². The van der Waals surface area contributed by atoms with Crippen LogP contribution in [-0.2, 0) is 30.3 Å². The van der Waals surface area contributed by atoms with Crippen molar-refractivity contribution in [3.63, 3.8) is 0 Å². The van der Waals surface area contributed by atoms with Gasteiger partial charge in [-0.05, 0) is 36.6 Å². The van der Waals surface area contributed by atoms with Gasteiger partial charge >= 0.3 is 0 Å². The van der Waals surface area contributed by atoms with Crippen LogP contribution in [0.4, 0.5) is 0 Å². The molecule has 2 aromatic carbocycles. The van der Waals surface area contributed by atoms with Crippen LogP contribution in [0.2, 0.25) is 0 Å². The lowest BCUT2D eigenvalue weighted by Crippen LogP contribution is -2.45. The van der Waals surface area contributed by atoms with Gasteiger partial charge in [-0.3, -0.25) is 19.2 Å². The van der Waals surface area contributed by atoms with Crippen LogP contribution in [-0.4, -0.2) is 106 Å². The number of methoxy groups -OCH3 is 2. The van der Waals surface area contributed by atoms with E-state index in [9.17, 15) is 14.4 Å². The third-order valence-corrected chi connectivity index (χ3v) is 8.34. The minimum absolute atomic E-state index is 0.0610. The number of rotatable bonds is 5. The zero-order chi connectivity index (χ0) is 31.5. The maximum Gasteiger partial charge on any atom is 0.290 e. The van der Waals surface area contributed by atoms with Crippen LogP contribution < -0.4 is 19.5 Å². The van der Waals surface area contributed by atoms with E-state index in [4.69, 9.17) is 28.8 Å². The molecule has 0 unspecified atom stereocenters. The lowest BCUT2D eigenvalue weighted by molar-refractivity contribution is -0.139. The Hall–Kier alpha value is -4.32. The van der Waals surface area contributed by atoms with Crippen LogP contribution in [0.15, 0.2) is 42.5 Å². The highest BCUT2D eigenvalue weighted by Gasteiger charge is 2.41. The van der Waals surface area contributed by atoms with Gasteiger partial charge in [0.2, 0.25) is 17.7 Å². The number of nitrogens with zero attached hydrogens (tertiary/aromatic N) is 2. The van der Waals surface area contributed by atoms with E-state index in [-0.39, 0.29) is 42.5 Å². The van der Waals surface area contributed by atoms with E-state index < -0.39 is 5.92 Å². The molecule has 3 heterocycles. The Kier molecular flexibility index (Phi) is 11.8. The van der Waals surface area contributed by atoms with Gasteiger partial charge in [0.25, 0.3) is 6.47 Å². The molecule has 2 bridgehead atoms. The number of nitrogens with one attached hydrogen (secondary N) is 1. The van der Waals surface area contributed by atoms with Crippen LogP contribution in [0.3, 0.4) is 0 Å². The highest BCUT2D eigenvalue weighted by atomic mass is 16.5. The second-order valence-corrected chi connectivity index (χ2v) is 10.9. The van der Waals surface area contributed by atoms with Crippen molar-refractivity contribution in [2.75, 3.05) is 66.8 Å². The molecule has 3 aliphatic rings. The summed E-state index contributed by atoms with van der Waals surface area (Å²) in [6, 6.07) is 13.1. The topological polar surface area (TPSA) is 144 Å². The SMILES string of the molecule is COc1ccccc1CC(=O)N1C[C@@H]2C(=O)NCCN(C(=O)C3CCOCC3)CCOc3cc(ccc3OC)[C@H]2C1.O=CO. The van der Waals surface area contributed by atoms with Crippen LogP contribution in [0.1, 0.15) is 29.9 Å². The number of hydrogen-bond acceptors (Lipinski definition) is 8. The quantitative estimate of drug-likeness (QED) is 0.485. The highest BCUT2D eigenvalue weighted by Crippen LogP contribution is 2.38. The fourth-order valence-electron chi connectivity index (χ4n) is 6.02. The molecule has 5 rings (SSSR count). The summed E-state index contributed by atoms with van der Waals surface area (Å²) in [6.45, 7) is 3.02. The molecule has 0 saturated carbocycles. The average molecular weight is 612 g/mol. The molecule has 0 spiro atoms. The molecule has 2 aromatic rings. The number of carboxylic acid groups (broad SMARTS) is 1. The maximum absolute atomic E-state index is 13.6. The predicted octanol–water partition coefficient (Wildman–Crippen LogP) is 1.95. The van der Waals surface area contributed by atoms with Crippen molar-refractivity contribution in [2.45, 2.75) is 25.2 Å². The summed E-state index contributed by atoms with van der Waals surface area (Å²) >= 11 is 0. The second kappa shape index (κ2) is 15.9. The summed E-state index contributed by atoms with van der Waals surface area (Å²) in [6.07, 6.45) is 1.58. The van der Waals surface area contributed by atoms with E-state index in [1.54, 1.807) is 24.0 Å². The van der Waals surface area contributed by atoms with Gasteiger partial charge < -0.3 is 39.2 Å². The number of amides is 3. The molecule has 0 radical (unpaired) electrons. The molecule has 12 nitrogen and oxygen atoms in total. The Morgan fingerprint density at radius 2 is 1.68 bits per heavy atom. The van der Waals surface area contributed by atoms with E-state index in [2.05, 4.69) is 5.32 Å². The Morgan fingerprint density at radius 1 is 0.977 bits per heavy atom. The summed E-state index contributed by atoms with van der Waals surface area (Å²) in [5, 5.41) is 9.95. The van der Waals surface area contributed by atoms with Crippen molar-refractivity contribution in [3.05, 3.63) is 53.6 Å². The monoisotopic (exact) mass is 611 g/mol. The summed E-state index contributed by atoms with van der Waals surface area (Å²) in [7, 11) is 3.17. The van der Waals surface area contributed by atoms with E-state index in [1.165, 1.54) is 0 Å². The lowest BCUT2D eigenvalue weighted by Gasteiger charge is -2.29. The highest BCUT2D eigenvalue weighted by molar-refractivity contribution is 5.85. The average Bonchev–Trinajstić information content (AvgIpc) is 3.50. The zero-order valence-corrected chi connectivity index (χ0v) is 25.2. The summed E-state index contributed by atoms with van der Waals surface area (Å²) in [5.41, 5.74) is 1.71. The minimum Gasteiger partial charge on any atom is -0.496 e. The molecule has 0 aromatic heterocycles. The maximum atomic E-state index is 13.6. The third kappa shape index (κ3) is 7.98. The van der Waals surface area contributed by atoms with Crippen molar-refractivity contribution < 1.29 is 43.2 Å². The van der Waals surface area contributed by atoms with Crippen LogP contribution in [0.25, 0.3) is 0 Å². The molecule has 44 heavy (non-hydrogen) atoms. The standard InChI is InChI=1S/C31H39N3O7.CH2O2/c1-38-26-6-4-3-5-23(26)18-29(35)34-19-24-22-7-8-27(39-2)28(17-22)41-16-13-33(12-11-32-30(36)25(24)20-34)31(37)21-9-14-40-15-10-21;2-1-3/h3-8,17,21,24-25H,9-16,18-20H2,1-2H3,(H,32,36);1H,(H,2,3)/t24-,25+;/m1./s1. The number of para-hydroxylation sites is 1. The van der Waals surface area contributed by atoms with Gasteiger partial charge in [0, 0.05) is 56.8 Å². The zero-order valence-electron chi connectivity index (χ0n) is 25.2. The Balaban J connectivity index is 0.00000141. The summed E-state index contributed by atoms with van der Waals surface area (Å²) in [5.74, 6) is 0.923. The summed E-state index contributed by atoms with van der Waals surface area (Å²) < 4.78 is 22.6. The number of hydrogen-bond donors (Lipinski definition) is 2. The van der Waals surface area contributed by atoms with Gasteiger partial charge in [0.05, 0.1) is 33.1 Å². The molecule has 2 atom stereocenters. The van der Waals surface area contributed by atoms with E-state index >= 15 is 0 Å². The molecule has 2 N–H and O–H groups in total. The van der Waals surface area contributed by atoms with E-state index in [0.29, 0.717) is 82.6 Å². The molecule has 238 valence electrons. The lowest BCUT2D eigenvalue weighted by atomic mass is 9.88. The van der Waals surface area contributed by atoms with Gasteiger partial charge in [0.1, 0.15) is 12.4 Å². The van der Waals surface area contributed by atoms with Gasteiger partial charge in [-0.1, -0.05) is 24.3 Å². The molecule has 0 aliphatic carbocycles. The largest absolute Gasteiger partial charge is 0.496 e. The van der Waals surface area contributed by atoms with Crippen molar-refractivity contribution in [2.24, 2.45) is 11.8 Å². The van der Waals surface area contributed by atoms with E-state index in [0.717, 1.165) is 11.1 Å². The Labute approximate surface area is 257 Å². The van der Waals surface area contributed by atoms with Gasteiger partial charge in [-0.25, -0.2) is 0 Å². The van der Waals surface area contributed by atoms with Crippen molar-refractivity contribution >= 4 is 24.2 Å². The third-order valence-electron chi connectivity index (χ3n) is 8.34. The molecule has 2 saturated heterocycles. The molecule has 12 heteroatoms.